The van der Waals surface area contributed by atoms with Gasteiger partial charge in [0.2, 0.25) is 0 Å². The van der Waals surface area contributed by atoms with Gasteiger partial charge in [-0.1, -0.05) is 12.8 Å². The Bertz CT molecular complexity index is 239. The standard InChI is InChI=1S/C9H17NO2.C6H13N/c11-6-8(7-12)9-2-1-4-10(9)5-3-9;1-2-4-6-7-5-3-1/h8,11-12H,1-7H2;7H,1-6H2/p+1. The molecule has 2 atom stereocenters. The van der Waals surface area contributed by atoms with Crippen molar-refractivity contribution in [2.75, 3.05) is 39.4 Å². The first-order valence-electron chi connectivity index (χ1n) is 8.11. The van der Waals surface area contributed by atoms with Gasteiger partial charge in [0.05, 0.1) is 38.6 Å². The number of quaternary nitrogens is 1. The number of aliphatic hydroxyl groups is 2. The molecule has 2 unspecified atom stereocenters. The summed E-state index contributed by atoms with van der Waals surface area (Å²) in [6.45, 7) is 5.30. The van der Waals surface area contributed by atoms with E-state index in [0.717, 1.165) is 0 Å². The van der Waals surface area contributed by atoms with Crippen LogP contribution in [0.25, 0.3) is 0 Å². The van der Waals surface area contributed by atoms with E-state index in [-0.39, 0.29) is 24.7 Å². The smallest absolute Gasteiger partial charge is 0.111 e. The summed E-state index contributed by atoms with van der Waals surface area (Å²) < 4.78 is 0. The largest absolute Gasteiger partial charge is 0.396 e. The fourth-order valence-electron chi connectivity index (χ4n) is 4.00. The molecule has 0 aromatic rings. The number of nitrogens with one attached hydrogen (secondary N) is 2. The van der Waals surface area contributed by atoms with Crippen LogP contribution in [-0.2, 0) is 0 Å². The van der Waals surface area contributed by atoms with Crippen LogP contribution < -0.4 is 10.2 Å². The van der Waals surface area contributed by atoms with E-state index in [4.69, 9.17) is 10.2 Å². The molecule has 0 aromatic heterocycles. The van der Waals surface area contributed by atoms with Crippen molar-refractivity contribution in [2.24, 2.45) is 5.92 Å². The SMILES string of the molecule is C1CCCNCC1.OCC(CO)C12CCC[NH+]1CC2. The summed E-state index contributed by atoms with van der Waals surface area (Å²) >= 11 is 0. The van der Waals surface area contributed by atoms with Crippen LogP contribution in [0, 0.1) is 5.92 Å². The van der Waals surface area contributed by atoms with Gasteiger partial charge in [-0.3, -0.25) is 0 Å². The maximum absolute atomic E-state index is 9.13. The molecule has 3 rings (SSSR count). The Labute approximate surface area is 117 Å². The molecule has 0 spiro atoms. The predicted molar refractivity (Wildman–Crippen MR) is 76.3 cm³/mol. The lowest BCUT2D eigenvalue weighted by Gasteiger charge is -2.48. The van der Waals surface area contributed by atoms with Crippen LogP contribution >= 0.6 is 0 Å². The minimum absolute atomic E-state index is 0.128. The summed E-state index contributed by atoms with van der Waals surface area (Å²) in [5.41, 5.74) is 0.267. The quantitative estimate of drug-likeness (QED) is 0.563. The summed E-state index contributed by atoms with van der Waals surface area (Å²) in [4.78, 5) is 1.62. The van der Waals surface area contributed by atoms with E-state index >= 15 is 0 Å². The molecule has 0 radical (unpaired) electrons. The Kier molecular flexibility index (Phi) is 6.07. The van der Waals surface area contributed by atoms with E-state index in [9.17, 15) is 0 Å². The monoisotopic (exact) mass is 271 g/mol. The van der Waals surface area contributed by atoms with Gasteiger partial charge < -0.3 is 20.4 Å². The molecule has 0 bridgehead atoms. The predicted octanol–water partition coefficient (Wildman–Crippen LogP) is -0.442. The highest BCUT2D eigenvalue weighted by Gasteiger charge is 2.57. The van der Waals surface area contributed by atoms with E-state index in [1.165, 1.54) is 71.1 Å². The third-order valence-electron chi connectivity index (χ3n) is 5.36. The topological polar surface area (TPSA) is 56.9 Å². The van der Waals surface area contributed by atoms with E-state index in [0.29, 0.717) is 0 Å². The van der Waals surface area contributed by atoms with Gasteiger partial charge in [0.25, 0.3) is 0 Å². The number of rotatable bonds is 3. The number of hydrogen-bond donors (Lipinski definition) is 4. The van der Waals surface area contributed by atoms with Crippen molar-refractivity contribution in [3.05, 3.63) is 0 Å². The Hall–Kier alpha value is -0.160. The molecule has 0 aliphatic carbocycles. The molecule has 0 amide bonds. The molecule has 0 aromatic carbocycles. The van der Waals surface area contributed by atoms with E-state index < -0.39 is 0 Å². The van der Waals surface area contributed by atoms with Crippen molar-refractivity contribution in [1.82, 2.24) is 5.32 Å². The minimum atomic E-state index is 0.128. The average molecular weight is 271 g/mol. The van der Waals surface area contributed by atoms with Gasteiger partial charge >= 0.3 is 0 Å². The fraction of sp³-hybridized carbons (Fsp3) is 1.00. The third-order valence-corrected chi connectivity index (χ3v) is 5.36. The van der Waals surface area contributed by atoms with Crippen molar-refractivity contribution in [3.8, 4) is 0 Å². The maximum Gasteiger partial charge on any atom is 0.111 e. The molecular formula is C15H31N2O2+. The lowest BCUT2D eigenvalue weighted by Crippen LogP contribution is -3.25. The molecule has 4 heteroatoms. The van der Waals surface area contributed by atoms with E-state index in [2.05, 4.69) is 5.32 Å². The summed E-state index contributed by atoms with van der Waals surface area (Å²) in [6.07, 6.45) is 9.33. The highest BCUT2D eigenvalue weighted by Crippen LogP contribution is 2.31. The second-order valence-electron chi connectivity index (χ2n) is 6.34. The minimum Gasteiger partial charge on any atom is -0.396 e. The first kappa shape index (κ1) is 15.2. The highest BCUT2D eigenvalue weighted by atomic mass is 16.3. The lowest BCUT2D eigenvalue weighted by atomic mass is 9.74. The molecule has 3 heterocycles. The van der Waals surface area contributed by atoms with Crippen molar-refractivity contribution < 1.29 is 15.1 Å². The lowest BCUT2D eigenvalue weighted by molar-refractivity contribution is -0.988. The second kappa shape index (κ2) is 7.58. The van der Waals surface area contributed by atoms with Crippen LogP contribution in [-0.4, -0.2) is 55.1 Å². The number of fused-ring (bicyclic) bond motifs is 1. The van der Waals surface area contributed by atoms with Crippen LogP contribution in [0.4, 0.5) is 0 Å². The molecule has 112 valence electrons. The Balaban J connectivity index is 0.000000163. The first-order valence-corrected chi connectivity index (χ1v) is 8.11. The van der Waals surface area contributed by atoms with Crippen LogP contribution in [0.3, 0.4) is 0 Å². The summed E-state index contributed by atoms with van der Waals surface area (Å²) in [5.74, 6) is 0.128. The molecule has 4 N–H and O–H groups in total. The van der Waals surface area contributed by atoms with Crippen molar-refractivity contribution >= 4 is 0 Å². The van der Waals surface area contributed by atoms with Crippen LogP contribution in [0.15, 0.2) is 0 Å². The Morgan fingerprint density at radius 1 is 0.895 bits per heavy atom. The molecule has 19 heavy (non-hydrogen) atoms. The third kappa shape index (κ3) is 3.48. The van der Waals surface area contributed by atoms with Crippen molar-refractivity contribution in [1.29, 1.82) is 0 Å². The molecule has 3 aliphatic rings. The number of hydrogen-bond acceptors (Lipinski definition) is 3. The van der Waals surface area contributed by atoms with Crippen LogP contribution in [0.1, 0.15) is 44.9 Å². The zero-order chi connectivity index (χ0) is 13.6. The second-order valence-corrected chi connectivity index (χ2v) is 6.34. The van der Waals surface area contributed by atoms with Gasteiger partial charge in [-0.25, -0.2) is 0 Å². The molecular weight excluding hydrogens is 240 g/mol. The van der Waals surface area contributed by atoms with Crippen molar-refractivity contribution in [2.45, 2.75) is 50.5 Å². The van der Waals surface area contributed by atoms with Gasteiger partial charge in [0.1, 0.15) is 5.54 Å². The maximum atomic E-state index is 9.13. The summed E-state index contributed by atoms with van der Waals surface area (Å²) in [6, 6.07) is 0. The molecule has 4 nitrogen and oxygen atoms in total. The highest BCUT2D eigenvalue weighted by molar-refractivity contribution is 4.94. The Morgan fingerprint density at radius 3 is 2.05 bits per heavy atom. The van der Waals surface area contributed by atoms with Gasteiger partial charge in [0.15, 0.2) is 0 Å². The zero-order valence-corrected chi connectivity index (χ0v) is 12.2. The number of aliphatic hydroxyl groups excluding tert-OH is 2. The van der Waals surface area contributed by atoms with Crippen molar-refractivity contribution in [3.63, 3.8) is 0 Å². The van der Waals surface area contributed by atoms with Gasteiger partial charge in [0, 0.05) is 12.8 Å². The fourth-order valence-corrected chi connectivity index (χ4v) is 4.00. The molecule has 3 saturated heterocycles. The van der Waals surface area contributed by atoms with Gasteiger partial charge in [-0.15, -0.1) is 0 Å². The van der Waals surface area contributed by atoms with E-state index in [1.54, 1.807) is 4.90 Å². The van der Waals surface area contributed by atoms with Crippen LogP contribution in [0.2, 0.25) is 0 Å². The normalized spacial score (nSPS) is 33.9. The summed E-state index contributed by atoms with van der Waals surface area (Å²) in [5, 5.41) is 21.6. The zero-order valence-electron chi connectivity index (χ0n) is 12.2. The van der Waals surface area contributed by atoms with Crippen LogP contribution in [0.5, 0.6) is 0 Å². The first-order chi connectivity index (χ1) is 9.33. The summed E-state index contributed by atoms with van der Waals surface area (Å²) in [7, 11) is 0. The Morgan fingerprint density at radius 2 is 1.58 bits per heavy atom. The molecule has 3 aliphatic heterocycles. The molecule has 0 saturated carbocycles. The van der Waals surface area contributed by atoms with E-state index in [1.807, 2.05) is 0 Å². The average Bonchev–Trinajstić information content (AvgIpc) is 2.68. The van der Waals surface area contributed by atoms with Gasteiger partial charge in [-0.2, -0.15) is 0 Å². The molecule has 3 fully saturated rings. The van der Waals surface area contributed by atoms with Gasteiger partial charge in [-0.05, 0) is 25.9 Å².